The molecule has 0 saturated heterocycles. The van der Waals surface area contributed by atoms with E-state index in [2.05, 4.69) is 12.6 Å². The predicted molar refractivity (Wildman–Crippen MR) is 75.0 cm³/mol. The molecule has 0 amide bonds. The highest BCUT2D eigenvalue weighted by molar-refractivity contribution is 7.80. The number of esters is 1. The largest absolute Gasteiger partial charge is 0.478 e. The molecule has 0 aliphatic carbocycles. The third-order valence-electron chi connectivity index (χ3n) is 2.69. The fraction of sp³-hybridized carbons (Fsp3) is 0.143. The number of thiol groups is 1. The van der Waals surface area contributed by atoms with Gasteiger partial charge < -0.3 is 9.84 Å². The van der Waals surface area contributed by atoms with E-state index in [1.807, 2.05) is 12.1 Å². The summed E-state index contributed by atoms with van der Waals surface area (Å²) in [4.78, 5) is 23.2. The second-order valence-corrected chi connectivity index (χ2v) is 4.32. The first-order chi connectivity index (χ1) is 9.15. The van der Waals surface area contributed by atoms with Crippen molar-refractivity contribution in [2.24, 2.45) is 0 Å². The fourth-order valence-electron chi connectivity index (χ4n) is 1.88. The van der Waals surface area contributed by atoms with Crippen LogP contribution in [0.2, 0.25) is 0 Å². The molecule has 19 heavy (non-hydrogen) atoms. The maximum Gasteiger partial charge on any atom is 0.339 e. The second kappa shape index (κ2) is 5.75. The first kappa shape index (κ1) is 13.4. The van der Waals surface area contributed by atoms with E-state index in [-0.39, 0.29) is 17.7 Å². The minimum absolute atomic E-state index is 0.0529. The van der Waals surface area contributed by atoms with Gasteiger partial charge in [0, 0.05) is 5.75 Å². The summed E-state index contributed by atoms with van der Waals surface area (Å²) in [5.74, 6) is -1.40. The zero-order chi connectivity index (χ0) is 13.8. The van der Waals surface area contributed by atoms with Gasteiger partial charge in [0.05, 0.1) is 11.1 Å². The summed E-state index contributed by atoms with van der Waals surface area (Å²) >= 11 is 3.95. The van der Waals surface area contributed by atoms with Crippen LogP contribution < -0.4 is 0 Å². The number of carboxylic acids is 1. The maximum atomic E-state index is 12.0. The van der Waals surface area contributed by atoms with Crippen LogP contribution in [0.4, 0.5) is 0 Å². The number of fused-ring (bicyclic) bond motifs is 1. The maximum absolute atomic E-state index is 12.0. The van der Waals surface area contributed by atoms with Crippen molar-refractivity contribution in [2.75, 3.05) is 12.4 Å². The third kappa shape index (κ3) is 2.71. The summed E-state index contributed by atoms with van der Waals surface area (Å²) in [5.41, 5.74) is 0.0373. The number of ether oxygens (including phenoxy) is 1. The van der Waals surface area contributed by atoms with Gasteiger partial charge in [-0.3, -0.25) is 0 Å². The lowest BCUT2D eigenvalue weighted by atomic mass is 9.99. The van der Waals surface area contributed by atoms with Gasteiger partial charge in [-0.15, -0.1) is 0 Å². The Morgan fingerprint density at radius 1 is 1.16 bits per heavy atom. The Labute approximate surface area is 115 Å². The number of carboxylic acid groups (broad SMARTS) is 1. The molecule has 2 rings (SSSR count). The summed E-state index contributed by atoms with van der Waals surface area (Å²) in [5, 5.41) is 10.5. The van der Waals surface area contributed by atoms with E-state index in [9.17, 15) is 14.7 Å². The van der Waals surface area contributed by atoms with Gasteiger partial charge in [-0.1, -0.05) is 30.3 Å². The molecular weight excluding hydrogens is 264 g/mol. The number of benzene rings is 2. The molecule has 0 aliphatic heterocycles. The number of carbonyl (C=O) groups is 2. The third-order valence-corrected chi connectivity index (χ3v) is 2.87. The van der Waals surface area contributed by atoms with Crippen molar-refractivity contribution in [3.8, 4) is 0 Å². The molecule has 0 aliphatic rings. The van der Waals surface area contributed by atoms with E-state index in [4.69, 9.17) is 4.74 Å². The van der Waals surface area contributed by atoms with Gasteiger partial charge in [0.15, 0.2) is 0 Å². The molecule has 0 unspecified atom stereocenters. The van der Waals surface area contributed by atoms with Crippen LogP contribution in [0.25, 0.3) is 10.8 Å². The Balaban J connectivity index is 2.62. The molecule has 4 nitrogen and oxygen atoms in total. The minimum atomic E-state index is -1.15. The van der Waals surface area contributed by atoms with Crippen molar-refractivity contribution in [3.63, 3.8) is 0 Å². The van der Waals surface area contributed by atoms with Crippen molar-refractivity contribution in [2.45, 2.75) is 0 Å². The van der Waals surface area contributed by atoms with Crippen molar-refractivity contribution in [3.05, 3.63) is 47.5 Å². The molecule has 0 atom stereocenters. The van der Waals surface area contributed by atoms with Crippen molar-refractivity contribution < 1.29 is 19.4 Å². The quantitative estimate of drug-likeness (QED) is 0.665. The molecule has 2 aromatic carbocycles. The Morgan fingerprint density at radius 2 is 1.89 bits per heavy atom. The van der Waals surface area contributed by atoms with E-state index < -0.39 is 11.9 Å². The molecule has 0 fully saturated rings. The predicted octanol–water partition coefficient (Wildman–Crippen LogP) is 2.62. The second-order valence-electron chi connectivity index (χ2n) is 3.87. The molecule has 0 bridgehead atoms. The van der Waals surface area contributed by atoms with Crippen LogP contribution in [-0.2, 0) is 4.74 Å². The Bertz CT molecular complexity index is 636. The molecule has 98 valence electrons. The summed E-state index contributed by atoms with van der Waals surface area (Å²) in [6, 6.07) is 10.2. The molecule has 0 aromatic heterocycles. The zero-order valence-corrected chi connectivity index (χ0v) is 10.9. The highest BCUT2D eigenvalue weighted by Gasteiger charge is 2.20. The summed E-state index contributed by atoms with van der Waals surface area (Å²) in [7, 11) is 0. The van der Waals surface area contributed by atoms with Crippen molar-refractivity contribution >= 4 is 35.3 Å². The number of aromatic carboxylic acids is 1. The van der Waals surface area contributed by atoms with Crippen LogP contribution >= 0.6 is 12.6 Å². The van der Waals surface area contributed by atoms with Crippen LogP contribution in [0.5, 0.6) is 0 Å². The van der Waals surface area contributed by atoms with Crippen molar-refractivity contribution in [1.82, 2.24) is 0 Å². The first-order valence-corrected chi connectivity index (χ1v) is 6.31. The number of rotatable bonds is 4. The van der Waals surface area contributed by atoms with Gasteiger partial charge in [-0.25, -0.2) is 9.59 Å². The molecule has 5 heteroatoms. The van der Waals surface area contributed by atoms with Gasteiger partial charge in [0.1, 0.15) is 6.61 Å². The number of hydrogen-bond donors (Lipinski definition) is 2. The minimum Gasteiger partial charge on any atom is -0.478 e. The van der Waals surface area contributed by atoms with Crippen LogP contribution in [-0.4, -0.2) is 29.4 Å². The topological polar surface area (TPSA) is 63.6 Å². The van der Waals surface area contributed by atoms with Gasteiger partial charge in [0.2, 0.25) is 0 Å². The van der Waals surface area contributed by atoms with Gasteiger partial charge in [0.25, 0.3) is 0 Å². The molecule has 0 heterocycles. The van der Waals surface area contributed by atoms with Crippen LogP contribution in [0.1, 0.15) is 20.7 Å². The highest BCUT2D eigenvalue weighted by Crippen LogP contribution is 2.23. The molecular formula is C14H12O4S. The molecule has 1 N–H and O–H groups in total. The Kier molecular flexibility index (Phi) is 4.06. The standard InChI is InChI=1S/C14H12O4S/c15-13(16)11-6-5-9-3-1-2-4-10(9)12(11)14(17)18-7-8-19/h1-6,19H,7-8H2,(H,15,16). The normalized spacial score (nSPS) is 10.4. The summed E-state index contributed by atoms with van der Waals surface area (Å²) in [6.07, 6.45) is 0. The van der Waals surface area contributed by atoms with Gasteiger partial charge in [-0.05, 0) is 16.8 Å². The van der Waals surface area contributed by atoms with Crippen LogP contribution in [0, 0.1) is 0 Å². The molecule has 0 spiro atoms. The van der Waals surface area contributed by atoms with Gasteiger partial charge >= 0.3 is 11.9 Å². The lowest BCUT2D eigenvalue weighted by molar-refractivity contribution is 0.0521. The monoisotopic (exact) mass is 276 g/mol. The lowest BCUT2D eigenvalue weighted by Gasteiger charge is -2.09. The van der Waals surface area contributed by atoms with Gasteiger partial charge in [-0.2, -0.15) is 12.6 Å². The van der Waals surface area contributed by atoms with E-state index in [1.165, 1.54) is 6.07 Å². The Morgan fingerprint density at radius 3 is 2.58 bits per heavy atom. The molecule has 0 saturated carbocycles. The van der Waals surface area contributed by atoms with E-state index in [0.29, 0.717) is 11.1 Å². The smallest absolute Gasteiger partial charge is 0.339 e. The van der Waals surface area contributed by atoms with Crippen molar-refractivity contribution in [1.29, 1.82) is 0 Å². The van der Waals surface area contributed by atoms with Crippen LogP contribution in [0.15, 0.2) is 36.4 Å². The number of carbonyl (C=O) groups excluding carboxylic acids is 1. The first-order valence-electron chi connectivity index (χ1n) is 5.68. The molecule has 2 aromatic rings. The number of hydrogen-bond acceptors (Lipinski definition) is 4. The SMILES string of the molecule is O=C(O)c1ccc2ccccc2c1C(=O)OCCS. The highest BCUT2D eigenvalue weighted by atomic mass is 32.1. The lowest BCUT2D eigenvalue weighted by Crippen LogP contribution is -2.13. The average molecular weight is 276 g/mol. The van der Waals surface area contributed by atoms with E-state index in [1.54, 1.807) is 18.2 Å². The summed E-state index contributed by atoms with van der Waals surface area (Å²) < 4.78 is 5.00. The zero-order valence-electron chi connectivity index (χ0n) is 10.00. The fourth-order valence-corrected chi connectivity index (χ4v) is 1.97. The van der Waals surface area contributed by atoms with Crippen LogP contribution in [0.3, 0.4) is 0 Å². The van der Waals surface area contributed by atoms with E-state index >= 15 is 0 Å². The van der Waals surface area contributed by atoms with E-state index in [0.717, 1.165) is 5.39 Å². The molecule has 0 radical (unpaired) electrons. The summed E-state index contributed by atoms with van der Waals surface area (Å²) in [6.45, 7) is 0.143. The average Bonchev–Trinajstić information content (AvgIpc) is 2.43. The Hall–Kier alpha value is -2.01.